The van der Waals surface area contributed by atoms with Gasteiger partial charge in [0.05, 0.1) is 11.6 Å². The lowest BCUT2D eigenvalue weighted by molar-refractivity contribution is -0.142. The molecule has 1 aromatic heterocycles. The molecule has 1 aliphatic rings. The van der Waals surface area contributed by atoms with Crippen molar-refractivity contribution in [2.45, 2.75) is 25.3 Å². The van der Waals surface area contributed by atoms with Gasteiger partial charge < -0.3 is 10.4 Å². The van der Waals surface area contributed by atoms with Crippen LogP contribution in [0.5, 0.6) is 0 Å². The Kier molecular flexibility index (Phi) is 4.47. The zero-order valence-electron chi connectivity index (χ0n) is 12.3. The third kappa shape index (κ3) is 3.44. The van der Waals surface area contributed by atoms with E-state index < -0.39 is 11.9 Å². The normalized spacial score (nSPS) is 20.4. The number of amides is 1. The standard InChI is InChI=1S/C16H16BrN3O3/c17-10-3-1-4-11(9-10)20-8-7-14(19-20)15(21)18-13-6-2-5-12(13)16(22)23/h1,3-4,7-9,12-13H,2,5-6H2,(H,18,21)(H,22,23)/t12-,13+/m1/s1. The summed E-state index contributed by atoms with van der Waals surface area (Å²) in [5.41, 5.74) is 1.11. The molecule has 1 heterocycles. The van der Waals surface area contributed by atoms with Gasteiger partial charge in [-0.15, -0.1) is 0 Å². The van der Waals surface area contributed by atoms with Crippen LogP contribution in [0.2, 0.25) is 0 Å². The van der Waals surface area contributed by atoms with Gasteiger partial charge >= 0.3 is 5.97 Å². The first-order valence-electron chi connectivity index (χ1n) is 7.40. The van der Waals surface area contributed by atoms with Crippen LogP contribution in [0.1, 0.15) is 29.8 Å². The Balaban J connectivity index is 1.73. The smallest absolute Gasteiger partial charge is 0.308 e. The minimum atomic E-state index is -0.854. The number of nitrogens with one attached hydrogen (secondary N) is 1. The number of aromatic nitrogens is 2. The highest BCUT2D eigenvalue weighted by Gasteiger charge is 2.34. The lowest BCUT2D eigenvalue weighted by atomic mass is 10.0. The van der Waals surface area contributed by atoms with E-state index in [1.165, 1.54) is 0 Å². The molecule has 120 valence electrons. The molecule has 1 fully saturated rings. The van der Waals surface area contributed by atoms with Gasteiger partial charge in [0.1, 0.15) is 0 Å². The number of carboxylic acids is 1. The van der Waals surface area contributed by atoms with E-state index in [4.69, 9.17) is 0 Å². The summed E-state index contributed by atoms with van der Waals surface area (Å²) in [6.07, 6.45) is 3.82. The van der Waals surface area contributed by atoms with Gasteiger partial charge in [-0.2, -0.15) is 5.10 Å². The van der Waals surface area contributed by atoms with Gasteiger partial charge in [0.15, 0.2) is 5.69 Å². The second-order valence-electron chi connectivity index (χ2n) is 5.58. The molecule has 3 rings (SSSR count). The summed E-state index contributed by atoms with van der Waals surface area (Å²) in [7, 11) is 0. The van der Waals surface area contributed by atoms with E-state index in [1.807, 2.05) is 24.3 Å². The largest absolute Gasteiger partial charge is 0.481 e. The van der Waals surface area contributed by atoms with E-state index >= 15 is 0 Å². The number of nitrogens with zero attached hydrogens (tertiary/aromatic N) is 2. The highest BCUT2D eigenvalue weighted by molar-refractivity contribution is 9.10. The number of aliphatic carboxylic acids is 1. The highest BCUT2D eigenvalue weighted by Crippen LogP contribution is 2.26. The fourth-order valence-electron chi connectivity index (χ4n) is 2.88. The minimum Gasteiger partial charge on any atom is -0.481 e. The van der Waals surface area contributed by atoms with Crippen molar-refractivity contribution in [3.63, 3.8) is 0 Å². The number of hydrogen-bond acceptors (Lipinski definition) is 3. The van der Waals surface area contributed by atoms with Gasteiger partial charge in [0, 0.05) is 16.7 Å². The molecule has 0 spiro atoms. The predicted octanol–water partition coefficient (Wildman–Crippen LogP) is 2.62. The molecule has 0 saturated heterocycles. The van der Waals surface area contributed by atoms with Crippen LogP contribution in [0.25, 0.3) is 5.69 Å². The van der Waals surface area contributed by atoms with Crippen molar-refractivity contribution in [2.75, 3.05) is 0 Å². The molecule has 0 bridgehead atoms. The van der Waals surface area contributed by atoms with Gasteiger partial charge in [-0.25, -0.2) is 4.68 Å². The third-order valence-electron chi connectivity index (χ3n) is 4.04. The molecular weight excluding hydrogens is 362 g/mol. The lowest BCUT2D eigenvalue weighted by Crippen LogP contribution is -2.40. The van der Waals surface area contributed by atoms with Gasteiger partial charge in [-0.05, 0) is 37.1 Å². The molecule has 2 N–H and O–H groups in total. The molecule has 6 nitrogen and oxygen atoms in total. The molecular formula is C16H16BrN3O3. The summed E-state index contributed by atoms with van der Waals surface area (Å²) in [5, 5.41) is 16.2. The van der Waals surface area contributed by atoms with Crippen LogP contribution in [0.15, 0.2) is 41.0 Å². The predicted molar refractivity (Wildman–Crippen MR) is 87.5 cm³/mol. The van der Waals surface area contributed by atoms with Crippen molar-refractivity contribution in [3.8, 4) is 5.69 Å². The number of rotatable bonds is 4. The maximum absolute atomic E-state index is 12.3. The Labute approximate surface area is 141 Å². The molecule has 0 unspecified atom stereocenters. The molecule has 2 atom stereocenters. The monoisotopic (exact) mass is 377 g/mol. The second kappa shape index (κ2) is 6.54. The summed E-state index contributed by atoms with van der Waals surface area (Å²) in [6, 6.07) is 8.88. The number of benzene rings is 1. The van der Waals surface area contributed by atoms with Crippen molar-refractivity contribution in [2.24, 2.45) is 5.92 Å². The van der Waals surface area contributed by atoms with E-state index in [9.17, 15) is 14.7 Å². The molecule has 7 heteroatoms. The van der Waals surface area contributed by atoms with Gasteiger partial charge in [-0.1, -0.05) is 28.4 Å². The lowest BCUT2D eigenvalue weighted by Gasteiger charge is -2.16. The Morgan fingerprint density at radius 3 is 2.87 bits per heavy atom. The molecule has 2 aromatic rings. The van der Waals surface area contributed by atoms with E-state index in [0.29, 0.717) is 12.8 Å². The van der Waals surface area contributed by atoms with Crippen LogP contribution in [0, 0.1) is 5.92 Å². The number of carbonyl (C=O) groups excluding carboxylic acids is 1. The molecule has 0 aliphatic heterocycles. The van der Waals surface area contributed by atoms with Crippen LogP contribution in [0.3, 0.4) is 0 Å². The van der Waals surface area contributed by atoms with Crippen LogP contribution in [-0.4, -0.2) is 32.8 Å². The van der Waals surface area contributed by atoms with Crippen molar-refractivity contribution >= 4 is 27.8 Å². The summed E-state index contributed by atoms with van der Waals surface area (Å²) >= 11 is 3.40. The second-order valence-corrected chi connectivity index (χ2v) is 6.50. The average molecular weight is 378 g/mol. The van der Waals surface area contributed by atoms with Crippen molar-refractivity contribution in [1.29, 1.82) is 0 Å². The fraction of sp³-hybridized carbons (Fsp3) is 0.312. The third-order valence-corrected chi connectivity index (χ3v) is 4.54. The molecule has 23 heavy (non-hydrogen) atoms. The van der Waals surface area contributed by atoms with E-state index in [-0.39, 0.29) is 17.6 Å². The van der Waals surface area contributed by atoms with E-state index in [2.05, 4.69) is 26.3 Å². The number of halogens is 1. The SMILES string of the molecule is O=C(N[C@H]1CCC[C@H]1C(=O)O)c1ccn(-c2cccc(Br)c2)n1. The first kappa shape index (κ1) is 15.7. The van der Waals surface area contributed by atoms with Crippen LogP contribution >= 0.6 is 15.9 Å². The first-order valence-corrected chi connectivity index (χ1v) is 8.19. The first-order chi connectivity index (χ1) is 11.0. The summed E-state index contributed by atoms with van der Waals surface area (Å²) in [6.45, 7) is 0. The highest BCUT2D eigenvalue weighted by atomic mass is 79.9. The van der Waals surface area contributed by atoms with Gasteiger partial charge in [0.2, 0.25) is 0 Å². The van der Waals surface area contributed by atoms with Crippen LogP contribution in [-0.2, 0) is 4.79 Å². The molecule has 1 amide bonds. The summed E-state index contributed by atoms with van der Waals surface area (Å²) in [5.74, 6) is -1.70. The van der Waals surface area contributed by atoms with E-state index in [1.54, 1.807) is 16.9 Å². The average Bonchev–Trinajstić information content (AvgIpc) is 3.16. The molecule has 0 radical (unpaired) electrons. The zero-order chi connectivity index (χ0) is 16.4. The Bertz CT molecular complexity index is 744. The topological polar surface area (TPSA) is 84.2 Å². The quantitative estimate of drug-likeness (QED) is 0.857. The van der Waals surface area contributed by atoms with Crippen molar-refractivity contribution in [3.05, 3.63) is 46.7 Å². The Morgan fingerprint density at radius 2 is 2.13 bits per heavy atom. The maximum atomic E-state index is 12.3. The number of carbonyl (C=O) groups is 2. The molecule has 1 aromatic carbocycles. The van der Waals surface area contributed by atoms with Gasteiger partial charge in [-0.3, -0.25) is 9.59 Å². The molecule has 1 aliphatic carbocycles. The maximum Gasteiger partial charge on any atom is 0.308 e. The number of carboxylic acid groups (broad SMARTS) is 1. The fourth-order valence-corrected chi connectivity index (χ4v) is 3.27. The summed E-state index contributed by atoms with van der Waals surface area (Å²) in [4.78, 5) is 23.5. The molecule has 1 saturated carbocycles. The van der Waals surface area contributed by atoms with Crippen LogP contribution in [0.4, 0.5) is 0 Å². The Hall–Kier alpha value is -2.15. The van der Waals surface area contributed by atoms with Gasteiger partial charge in [0.25, 0.3) is 5.91 Å². The van der Waals surface area contributed by atoms with Crippen molar-refractivity contribution < 1.29 is 14.7 Å². The van der Waals surface area contributed by atoms with Crippen LogP contribution < -0.4 is 5.32 Å². The summed E-state index contributed by atoms with van der Waals surface area (Å²) < 4.78 is 2.54. The zero-order valence-corrected chi connectivity index (χ0v) is 13.9. The van der Waals surface area contributed by atoms with Crippen molar-refractivity contribution in [1.82, 2.24) is 15.1 Å². The number of hydrogen-bond donors (Lipinski definition) is 2. The van der Waals surface area contributed by atoms with E-state index in [0.717, 1.165) is 16.6 Å². The Morgan fingerprint density at radius 1 is 1.30 bits per heavy atom. The minimum absolute atomic E-state index is 0.279.